The van der Waals surface area contributed by atoms with Gasteiger partial charge >= 0.3 is 0 Å². The number of hydrogen-bond acceptors (Lipinski definition) is 4. The molecule has 1 aromatic rings. The van der Waals surface area contributed by atoms with Crippen LogP contribution in [0, 0.1) is 12.8 Å². The molecule has 1 saturated carbocycles. The summed E-state index contributed by atoms with van der Waals surface area (Å²) in [4.78, 5) is 13.9. The van der Waals surface area contributed by atoms with Gasteiger partial charge in [0, 0.05) is 6.04 Å². The fourth-order valence-electron chi connectivity index (χ4n) is 2.98. The molecule has 0 unspecified atom stereocenters. The summed E-state index contributed by atoms with van der Waals surface area (Å²) in [7, 11) is 2.13. The van der Waals surface area contributed by atoms with Gasteiger partial charge in [0.25, 0.3) is 5.91 Å². The summed E-state index contributed by atoms with van der Waals surface area (Å²) in [5.41, 5.74) is 2.67. The summed E-state index contributed by atoms with van der Waals surface area (Å²) in [5.74, 6) is 7.16. The molecule has 0 atom stereocenters. The molecule has 20 heavy (non-hydrogen) atoms. The van der Waals surface area contributed by atoms with Crippen LogP contribution in [0.25, 0.3) is 0 Å². The van der Waals surface area contributed by atoms with Gasteiger partial charge in [-0.1, -0.05) is 6.92 Å². The fourth-order valence-corrected chi connectivity index (χ4v) is 2.98. The second-order valence-electron chi connectivity index (χ2n) is 5.98. The quantitative estimate of drug-likeness (QED) is 0.503. The summed E-state index contributed by atoms with van der Waals surface area (Å²) in [5, 5.41) is 0. The zero-order valence-electron chi connectivity index (χ0n) is 12.6. The number of nitrogens with one attached hydrogen (secondary N) is 1. The van der Waals surface area contributed by atoms with E-state index < -0.39 is 0 Å². The molecule has 112 valence electrons. The highest BCUT2D eigenvalue weighted by atomic mass is 16.3. The Balaban J connectivity index is 1.97. The predicted molar refractivity (Wildman–Crippen MR) is 78.0 cm³/mol. The number of carbonyl (C=O) groups is 1. The number of nitrogens with two attached hydrogens (primary N) is 1. The van der Waals surface area contributed by atoms with Gasteiger partial charge in [-0.25, -0.2) is 5.84 Å². The number of rotatable bonds is 4. The van der Waals surface area contributed by atoms with Crippen molar-refractivity contribution in [3.63, 3.8) is 0 Å². The lowest BCUT2D eigenvalue weighted by atomic mass is 9.87. The smallest absolute Gasteiger partial charge is 0.268 e. The molecule has 1 aliphatic carbocycles. The molecule has 0 bridgehead atoms. The third-order valence-corrected chi connectivity index (χ3v) is 4.36. The van der Waals surface area contributed by atoms with Gasteiger partial charge in [0.2, 0.25) is 0 Å². The Morgan fingerprint density at radius 2 is 2.10 bits per heavy atom. The highest BCUT2D eigenvalue weighted by Gasteiger charge is 2.23. The van der Waals surface area contributed by atoms with Gasteiger partial charge in [-0.05, 0) is 51.6 Å². The number of nitrogen functional groups attached to an aromatic ring is 1. The van der Waals surface area contributed by atoms with Crippen molar-refractivity contribution < 1.29 is 9.21 Å². The lowest BCUT2D eigenvalue weighted by Gasteiger charge is -2.33. The third kappa shape index (κ3) is 3.41. The van der Waals surface area contributed by atoms with Gasteiger partial charge in [-0.2, -0.15) is 0 Å². The van der Waals surface area contributed by atoms with E-state index >= 15 is 0 Å². The molecule has 1 aliphatic rings. The van der Waals surface area contributed by atoms with E-state index in [1.54, 1.807) is 13.0 Å². The van der Waals surface area contributed by atoms with Crippen molar-refractivity contribution in [3.05, 3.63) is 23.2 Å². The largest absolute Gasteiger partial charge is 0.464 e. The molecule has 0 saturated heterocycles. The maximum Gasteiger partial charge on any atom is 0.268 e. The molecule has 0 aromatic carbocycles. The Labute approximate surface area is 120 Å². The molecule has 0 radical (unpaired) electrons. The van der Waals surface area contributed by atoms with Gasteiger partial charge < -0.3 is 4.42 Å². The Morgan fingerprint density at radius 1 is 1.45 bits per heavy atom. The first-order chi connectivity index (χ1) is 9.51. The van der Waals surface area contributed by atoms with Crippen molar-refractivity contribution in [2.24, 2.45) is 11.8 Å². The zero-order valence-corrected chi connectivity index (χ0v) is 12.6. The maximum atomic E-state index is 11.6. The third-order valence-electron chi connectivity index (χ3n) is 4.36. The highest BCUT2D eigenvalue weighted by Crippen LogP contribution is 2.27. The van der Waals surface area contributed by atoms with Crippen molar-refractivity contribution in [1.82, 2.24) is 10.3 Å². The normalized spacial score (nSPS) is 23.1. The van der Waals surface area contributed by atoms with Crippen LogP contribution >= 0.6 is 0 Å². The van der Waals surface area contributed by atoms with Crippen LogP contribution in [-0.4, -0.2) is 23.9 Å². The van der Waals surface area contributed by atoms with Crippen LogP contribution in [0.15, 0.2) is 10.5 Å². The molecule has 1 fully saturated rings. The minimum Gasteiger partial charge on any atom is -0.464 e. The zero-order chi connectivity index (χ0) is 14.7. The summed E-state index contributed by atoms with van der Waals surface area (Å²) < 4.78 is 5.66. The minimum atomic E-state index is -0.299. The Morgan fingerprint density at radius 3 is 2.70 bits per heavy atom. The van der Waals surface area contributed by atoms with E-state index in [9.17, 15) is 4.79 Å². The van der Waals surface area contributed by atoms with Gasteiger partial charge in [0.05, 0.1) is 12.1 Å². The SMILES string of the molecule is Cc1oc(CN(C)C2CCC(C)CC2)cc1C(=O)NN. The molecule has 1 heterocycles. The molecule has 0 spiro atoms. The van der Waals surface area contributed by atoms with Crippen molar-refractivity contribution in [2.75, 3.05) is 7.05 Å². The van der Waals surface area contributed by atoms with Crippen molar-refractivity contribution in [3.8, 4) is 0 Å². The average molecular weight is 279 g/mol. The molecular formula is C15H25N3O2. The van der Waals surface area contributed by atoms with Crippen LogP contribution in [-0.2, 0) is 6.54 Å². The van der Waals surface area contributed by atoms with E-state index in [0.29, 0.717) is 17.4 Å². The Hall–Kier alpha value is -1.33. The topological polar surface area (TPSA) is 71.5 Å². The van der Waals surface area contributed by atoms with E-state index in [-0.39, 0.29) is 5.91 Å². The first-order valence-corrected chi connectivity index (χ1v) is 7.31. The lowest BCUT2D eigenvalue weighted by Crippen LogP contribution is -2.34. The second-order valence-corrected chi connectivity index (χ2v) is 5.98. The van der Waals surface area contributed by atoms with E-state index in [4.69, 9.17) is 10.3 Å². The van der Waals surface area contributed by atoms with E-state index in [1.165, 1.54) is 25.7 Å². The first-order valence-electron chi connectivity index (χ1n) is 7.31. The maximum absolute atomic E-state index is 11.6. The summed E-state index contributed by atoms with van der Waals surface area (Å²) in [6, 6.07) is 2.41. The van der Waals surface area contributed by atoms with Crippen molar-refractivity contribution in [2.45, 2.75) is 52.1 Å². The van der Waals surface area contributed by atoms with Crippen LogP contribution in [0.5, 0.6) is 0 Å². The van der Waals surface area contributed by atoms with Crippen LogP contribution in [0.1, 0.15) is 54.5 Å². The number of aryl methyl sites for hydroxylation is 1. The van der Waals surface area contributed by atoms with Gasteiger partial charge in [-0.15, -0.1) is 0 Å². The number of hydrogen-bond donors (Lipinski definition) is 2. The molecule has 5 nitrogen and oxygen atoms in total. The molecule has 1 amide bonds. The van der Waals surface area contributed by atoms with Gasteiger partial charge in [0.15, 0.2) is 0 Å². The summed E-state index contributed by atoms with van der Waals surface area (Å²) in [6.45, 7) is 4.85. The lowest BCUT2D eigenvalue weighted by molar-refractivity contribution is 0.0952. The van der Waals surface area contributed by atoms with Crippen LogP contribution in [0.2, 0.25) is 0 Å². The number of furan rings is 1. The summed E-state index contributed by atoms with van der Waals surface area (Å²) >= 11 is 0. The molecule has 2 rings (SSSR count). The number of carbonyl (C=O) groups excluding carboxylic acids is 1. The summed E-state index contributed by atoms with van der Waals surface area (Å²) in [6.07, 6.45) is 5.08. The Bertz CT molecular complexity index is 462. The fraction of sp³-hybridized carbons (Fsp3) is 0.667. The number of nitrogens with zero attached hydrogens (tertiary/aromatic N) is 1. The van der Waals surface area contributed by atoms with Crippen LogP contribution < -0.4 is 11.3 Å². The number of hydrazine groups is 1. The number of amides is 1. The molecular weight excluding hydrogens is 254 g/mol. The highest BCUT2D eigenvalue weighted by molar-refractivity contribution is 5.94. The van der Waals surface area contributed by atoms with Crippen LogP contribution in [0.4, 0.5) is 0 Å². The Kier molecular flexibility index (Phi) is 4.83. The van der Waals surface area contributed by atoms with Crippen molar-refractivity contribution >= 4 is 5.91 Å². The standard InChI is InChI=1S/C15H25N3O2/c1-10-4-6-12(7-5-10)18(3)9-13-8-14(11(2)20-13)15(19)17-16/h8,10,12H,4-7,9,16H2,1-3H3,(H,17,19). The molecule has 3 N–H and O–H groups in total. The monoisotopic (exact) mass is 279 g/mol. The van der Waals surface area contributed by atoms with Crippen LogP contribution in [0.3, 0.4) is 0 Å². The van der Waals surface area contributed by atoms with Gasteiger partial charge in [0.1, 0.15) is 11.5 Å². The first kappa shape index (κ1) is 15.1. The van der Waals surface area contributed by atoms with E-state index in [1.807, 2.05) is 0 Å². The van der Waals surface area contributed by atoms with E-state index in [2.05, 4.69) is 24.3 Å². The molecule has 0 aliphatic heterocycles. The second kappa shape index (κ2) is 6.41. The minimum absolute atomic E-state index is 0.299. The predicted octanol–water partition coefficient (Wildman–Crippen LogP) is 2.20. The average Bonchev–Trinajstić information content (AvgIpc) is 2.79. The molecule has 5 heteroatoms. The van der Waals surface area contributed by atoms with E-state index in [0.717, 1.165) is 18.2 Å². The van der Waals surface area contributed by atoms with Crippen molar-refractivity contribution in [1.29, 1.82) is 0 Å². The van der Waals surface area contributed by atoms with Gasteiger partial charge in [-0.3, -0.25) is 15.1 Å². The molecule has 1 aromatic heterocycles.